The quantitative estimate of drug-likeness (QED) is 0.903. The van der Waals surface area contributed by atoms with E-state index in [0.29, 0.717) is 11.5 Å². The van der Waals surface area contributed by atoms with E-state index in [1.54, 1.807) is 6.07 Å². The van der Waals surface area contributed by atoms with E-state index in [-0.39, 0.29) is 6.54 Å². The number of nitrogens with zero attached hydrogens (tertiary/aromatic N) is 2. The van der Waals surface area contributed by atoms with Gasteiger partial charge < -0.3 is 5.32 Å². The Bertz CT molecular complexity index is 591. The molecular weight excluding hydrogens is 260 g/mol. The van der Waals surface area contributed by atoms with Crippen molar-refractivity contribution in [2.24, 2.45) is 5.92 Å². The van der Waals surface area contributed by atoms with Crippen LogP contribution in [0.1, 0.15) is 25.1 Å². The maximum absolute atomic E-state index is 13.5. The largest absolute Gasteiger partial charge is 0.378 e. The van der Waals surface area contributed by atoms with Crippen molar-refractivity contribution in [1.29, 1.82) is 0 Å². The van der Waals surface area contributed by atoms with Crippen molar-refractivity contribution in [3.63, 3.8) is 0 Å². The third-order valence-corrected chi connectivity index (χ3v) is 3.00. The standard InChI is InChI=1S/C15H19F2N3/c1-10(2)8-20-9-14(11(3)19-20)18-7-12-5-4-6-13(16)15(12)17/h4-6,9-10,18H,7-8H2,1-3H3. The van der Waals surface area contributed by atoms with Gasteiger partial charge in [0.2, 0.25) is 0 Å². The Morgan fingerprint density at radius 3 is 2.75 bits per heavy atom. The monoisotopic (exact) mass is 279 g/mol. The molecule has 0 aliphatic heterocycles. The van der Waals surface area contributed by atoms with Crippen LogP contribution in [-0.2, 0) is 13.1 Å². The average molecular weight is 279 g/mol. The highest BCUT2D eigenvalue weighted by Gasteiger charge is 2.09. The molecule has 2 aromatic rings. The summed E-state index contributed by atoms with van der Waals surface area (Å²) < 4.78 is 28.5. The molecule has 0 amide bonds. The van der Waals surface area contributed by atoms with Crippen LogP contribution in [0.5, 0.6) is 0 Å². The third kappa shape index (κ3) is 3.35. The highest BCUT2D eigenvalue weighted by Crippen LogP contribution is 2.17. The van der Waals surface area contributed by atoms with Crippen LogP contribution in [0.4, 0.5) is 14.5 Å². The highest BCUT2D eigenvalue weighted by atomic mass is 19.2. The molecule has 0 aliphatic rings. The van der Waals surface area contributed by atoms with Crippen LogP contribution in [-0.4, -0.2) is 9.78 Å². The Kier molecular flexibility index (Phi) is 4.37. The van der Waals surface area contributed by atoms with Gasteiger partial charge in [-0.3, -0.25) is 4.68 Å². The van der Waals surface area contributed by atoms with Gasteiger partial charge in [-0.1, -0.05) is 26.0 Å². The maximum Gasteiger partial charge on any atom is 0.163 e. The summed E-state index contributed by atoms with van der Waals surface area (Å²) in [6.07, 6.45) is 1.90. The third-order valence-electron chi connectivity index (χ3n) is 3.00. The topological polar surface area (TPSA) is 29.9 Å². The first-order chi connectivity index (χ1) is 9.47. The molecule has 0 radical (unpaired) electrons. The molecule has 1 N–H and O–H groups in total. The van der Waals surface area contributed by atoms with Gasteiger partial charge in [-0.05, 0) is 18.9 Å². The molecule has 0 fully saturated rings. The van der Waals surface area contributed by atoms with Gasteiger partial charge in [-0.25, -0.2) is 8.78 Å². The zero-order valence-electron chi connectivity index (χ0n) is 12.0. The molecule has 1 aromatic heterocycles. The number of aromatic nitrogens is 2. The minimum atomic E-state index is -0.823. The normalized spacial score (nSPS) is 11.1. The number of hydrogen-bond acceptors (Lipinski definition) is 2. The van der Waals surface area contributed by atoms with Crippen LogP contribution >= 0.6 is 0 Å². The van der Waals surface area contributed by atoms with E-state index in [4.69, 9.17) is 0 Å². The summed E-state index contributed by atoms with van der Waals surface area (Å²) in [7, 11) is 0. The van der Waals surface area contributed by atoms with E-state index >= 15 is 0 Å². The predicted octanol–water partition coefficient (Wildman–Crippen LogP) is 3.74. The van der Waals surface area contributed by atoms with E-state index in [9.17, 15) is 8.78 Å². The molecule has 0 saturated carbocycles. The molecule has 1 aromatic carbocycles. The SMILES string of the molecule is Cc1nn(CC(C)C)cc1NCc1cccc(F)c1F. The van der Waals surface area contributed by atoms with Crippen LogP contribution in [0, 0.1) is 24.5 Å². The number of nitrogens with one attached hydrogen (secondary N) is 1. The van der Waals surface area contributed by atoms with Crippen molar-refractivity contribution < 1.29 is 8.78 Å². The Balaban J connectivity index is 2.07. The Morgan fingerprint density at radius 1 is 1.30 bits per heavy atom. The molecule has 0 spiro atoms. The van der Waals surface area contributed by atoms with Crippen molar-refractivity contribution in [2.75, 3.05) is 5.32 Å². The second-order valence-electron chi connectivity index (χ2n) is 5.31. The summed E-state index contributed by atoms with van der Waals surface area (Å²) in [5, 5.41) is 7.49. The molecule has 2 rings (SSSR count). The van der Waals surface area contributed by atoms with Crippen LogP contribution in [0.3, 0.4) is 0 Å². The molecule has 5 heteroatoms. The first kappa shape index (κ1) is 14.5. The second kappa shape index (κ2) is 6.03. The fraction of sp³-hybridized carbons (Fsp3) is 0.400. The van der Waals surface area contributed by atoms with Gasteiger partial charge in [-0.2, -0.15) is 5.10 Å². The number of aryl methyl sites for hydroxylation is 1. The van der Waals surface area contributed by atoms with Gasteiger partial charge in [0.15, 0.2) is 11.6 Å². The van der Waals surface area contributed by atoms with Gasteiger partial charge in [0, 0.05) is 24.8 Å². The summed E-state index contributed by atoms with van der Waals surface area (Å²) in [5.41, 5.74) is 2.00. The minimum Gasteiger partial charge on any atom is -0.378 e. The Hall–Kier alpha value is -1.91. The van der Waals surface area contributed by atoms with E-state index < -0.39 is 11.6 Å². The molecule has 0 bridgehead atoms. The zero-order valence-corrected chi connectivity index (χ0v) is 12.0. The lowest BCUT2D eigenvalue weighted by Crippen LogP contribution is -2.05. The summed E-state index contributed by atoms with van der Waals surface area (Å²) in [4.78, 5) is 0. The van der Waals surface area contributed by atoms with E-state index in [1.165, 1.54) is 6.07 Å². The fourth-order valence-electron chi connectivity index (χ4n) is 2.03. The molecule has 20 heavy (non-hydrogen) atoms. The maximum atomic E-state index is 13.5. The van der Waals surface area contributed by atoms with Crippen molar-refractivity contribution >= 4 is 5.69 Å². The summed E-state index contributed by atoms with van der Waals surface area (Å²) in [6.45, 7) is 7.19. The summed E-state index contributed by atoms with van der Waals surface area (Å²) in [6, 6.07) is 4.19. The van der Waals surface area contributed by atoms with E-state index in [0.717, 1.165) is 24.0 Å². The van der Waals surface area contributed by atoms with Crippen LogP contribution < -0.4 is 5.32 Å². The lowest BCUT2D eigenvalue weighted by Gasteiger charge is -2.06. The van der Waals surface area contributed by atoms with Gasteiger partial charge in [0.05, 0.1) is 11.4 Å². The van der Waals surface area contributed by atoms with Crippen molar-refractivity contribution in [3.05, 3.63) is 47.3 Å². The highest BCUT2D eigenvalue weighted by molar-refractivity contribution is 5.46. The lowest BCUT2D eigenvalue weighted by atomic mass is 10.2. The van der Waals surface area contributed by atoms with Crippen LogP contribution in [0.2, 0.25) is 0 Å². The molecule has 1 heterocycles. The number of benzene rings is 1. The first-order valence-electron chi connectivity index (χ1n) is 6.68. The smallest absolute Gasteiger partial charge is 0.163 e. The van der Waals surface area contributed by atoms with Gasteiger partial charge in [-0.15, -0.1) is 0 Å². The molecular formula is C15H19F2N3. The first-order valence-corrected chi connectivity index (χ1v) is 6.68. The lowest BCUT2D eigenvalue weighted by molar-refractivity contribution is 0.481. The van der Waals surface area contributed by atoms with Crippen molar-refractivity contribution in [2.45, 2.75) is 33.9 Å². The molecule has 0 aliphatic carbocycles. The number of anilines is 1. The van der Waals surface area contributed by atoms with Crippen molar-refractivity contribution in [3.8, 4) is 0 Å². The number of hydrogen-bond donors (Lipinski definition) is 1. The summed E-state index contributed by atoms with van der Waals surface area (Å²) >= 11 is 0. The van der Waals surface area contributed by atoms with Crippen LogP contribution in [0.25, 0.3) is 0 Å². The molecule has 3 nitrogen and oxygen atoms in total. The number of rotatable bonds is 5. The molecule has 0 saturated heterocycles. The summed E-state index contributed by atoms with van der Waals surface area (Å²) in [5.74, 6) is -1.12. The predicted molar refractivity (Wildman–Crippen MR) is 75.5 cm³/mol. The van der Waals surface area contributed by atoms with E-state index in [1.807, 2.05) is 17.8 Å². The van der Waals surface area contributed by atoms with Gasteiger partial charge in [0.25, 0.3) is 0 Å². The fourth-order valence-corrected chi connectivity index (χ4v) is 2.03. The molecule has 0 unspecified atom stereocenters. The van der Waals surface area contributed by atoms with Crippen LogP contribution in [0.15, 0.2) is 24.4 Å². The molecule has 0 atom stereocenters. The van der Waals surface area contributed by atoms with Crippen molar-refractivity contribution in [1.82, 2.24) is 9.78 Å². The second-order valence-corrected chi connectivity index (χ2v) is 5.31. The zero-order chi connectivity index (χ0) is 14.7. The van der Waals surface area contributed by atoms with Gasteiger partial charge >= 0.3 is 0 Å². The van der Waals surface area contributed by atoms with E-state index in [2.05, 4.69) is 24.3 Å². The Morgan fingerprint density at radius 2 is 2.05 bits per heavy atom. The number of halogens is 2. The average Bonchev–Trinajstić information content (AvgIpc) is 2.70. The minimum absolute atomic E-state index is 0.234. The molecule has 108 valence electrons. The Labute approximate surface area is 117 Å². The van der Waals surface area contributed by atoms with Gasteiger partial charge in [0.1, 0.15) is 0 Å².